The number of nitrogens with one attached hydrogen (secondary N) is 1. The van der Waals surface area contributed by atoms with Gasteiger partial charge in [0.05, 0.1) is 24.3 Å². The predicted octanol–water partition coefficient (Wildman–Crippen LogP) is 0.511. The molecule has 2 aromatic heterocycles. The topological polar surface area (TPSA) is 60.6 Å². The summed E-state index contributed by atoms with van der Waals surface area (Å²) in [5.74, 6) is 0. The molecule has 6 heteroatoms. The van der Waals surface area contributed by atoms with E-state index in [-0.39, 0.29) is 0 Å². The second-order valence-electron chi connectivity index (χ2n) is 4.11. The third-order valence-corrected chi connectivity index (χ3v) is 2.86. The van der Waals surface area contributed by atoms with Crippen LogP contribution in [0.4, 0.5) is 0 Å². The number of hydrogen-bond donors (Lipinski definition) is 1. The van der Waals surface area contributed by atoms with Crippen molar-refractivity contribution in [2.75, 3.05) is 7.05 Å². The largest absolute Gasteiger partial charge is 0.333 e. The molecule has 92 valence electrons. The van der Waals surface area contributed by atoms with E-state index in [4.69, 9.17) is 0 Å². The summed E-state index contributed by atoms with van der Waals surface area (Å²) in [5.41, 5.74) is 3.26. The first kappa shape index (κ1) is 11.8. The molecule has 6 nitrogen and oxygen atoms in total. The molecule has 0 atom stereocenters. The summed E-state index contributed by atoms with van der Waals surface area (Å²) in [7, 11) is 1.90. The van der Waals surface area contributed by atoms with Crippen LogP contribution in [-0.2, 0) is 19.6 Å². The van der Waals surface area contributed by atoms with Crippen molar-refractivity contribution in [1.29, 1.82) is 0 Å². The first-order chi connectivity index (χ1) is 8.20. The molecule has 0 aliphatic heterocycles. The normalized spacial score (nSPS) is 11.0. The number of imidazole rings is 1. The van der Waals surface area contributed by atoms with Gasteiger partial charge in [-0.05, 0) is 20.9 Å². The van der Waals surface area contributed by atoms with Crippen molar-refractivity contribution < 1.29 is 0 Å². The minimum absolute atomic E-state index is 0.753. The smallest absolute Gasteiger partial charge is 0.0964 e. The molecule has 0 aromatic carbocycles. The number of hydrogen-bond acceptors (Lipinski definition) is 4. The van der Waals surface area contributed by atoms with E-state index in [9.17, 15) is 0 Å². The highest BCUT2D eigenvalue weighted by molar-refractivity contribution is 5.08. The molecule has 0 unspecified atom stereocenters. The average molecular weight is 234 g/mol. The van der Waals surface area contributed by atoms with Gasteiger partial charge in [0.2, 0.25) is 0 Å². The Bertz CT molecular complexity index is 484. The molecule has 0 saturated carbocycles. The van der Waals surface area contributed by atoms with E-state index in [1.54, 1.807) is 0 Å². The summed E-state index contributed by atoms with van der Waals surface area (Å²) in [4.78, 5) is 4.27. The fraction of sp³-hybridized carbons (Fsp3) is 0.545. The summed E-state index contributed by atoms with van der Waals surface area (Å²) in [6.07, 6.45) is 3.84. The molecule has 1 N–H and O–H groups in total. The Morgan fingerprint density at radius 1 is 1.29 bits per heavy atom. The van der Waals surface area contributed by atoms with Gasteiger partial charge in [-0.3, -0.25) is 4.68 Å². The van der Waals surface area contributed by atoms with Crippen LogP contribution < -0.4 is 5.32 Å². The quantitative estimate of drug-likeness (QED) is 0.819. The first-order valence-corrected chi connectivity index (χ1v) is 5.72. The summed E-state index contributed by atoms with van der Waals surface area (Å²) in [6.45, 7) is 6.54. The average Bonchev–Trinajstić information content (AvgIpc) is 2.87. The van der Waals surface area contributed by atoms with Crippen LogP contribution in [0.5, 0.6) is 0 Å². The fourth-order valence-corrected chi connectivity index (χ4v) is 1.69. The zero-order valence-corrected chi connectivity index (χ0v) is 10.5. The lowest BCUT2D eigenvalue weighted by atomic mass is 10.4. The van der Waals surface area contributed by atoms with Gasteiger partial charge in [-0.2, -0.15) is 0 Å². The van der Waals surface area contributed by atoms with Crippen molar-refractivity contribution in [1.82, 2.24) is 29.9 Å². The second-order valence-corrected chi connectivity index (χ2v) is 4.11. The van der Waals surface area contributed by atoms with Crippen LogP contribution in [0.3, 0.4) is 0 Å². The van der Waals surface area contributed by atoms with E-state index in [0.717, 1.165) is 31.0 Å². The Kier molecular flexibility index (Phi) is 3.53. The molecule has 17 heavy (non-hydrogen) atoms. The highest BCUT2D eigenvalue weighted by atomic mass is 15.4. The minimum Gasteiger partial charge on any atom is -0.333 e. The monoisotopic (exact) mass is 234 g/mol. The van der Waals surface area contributed by atoms with E-state index in [1.807, 2.05) is 31.2 Å². The zero-order chi connectivity index (χ0) is 12.3. The van der Waals surface area contributed by atoms with Crippen LogP contribution in [0.1, 0.15) is 17.1 Å². The maximum Gasteiger partial charge on any atom is 0.0964 e. The third kappa shape index (κ3) is 2.71. The molecule has 0 aliphatic rings. The van der Waals surface area contributed by atoms with Crippen LogP contribution in [-0.4, -0.2) is 31.6 Å². The maximum absolute atomic E-state index is 4.27. The SMILES string of the molecule is CNCc1cn(CCn2cnc(C)c2C)nn1. The first-order valence-electron chi connectivity index (χ1n) is 5.72. The number of nitrogens with zero attached hydrogens (tertiary/aromatic N) is 5. The molecular formula is C11H18N6. The lowest BCUT2D eigenvalue weighted by Crippen LogP contribution is -2.08. The summed E-state index contributed by atoms with van der Waals surface area (Å²) >= 11 is 0. The molecule has 0 saturated heterocycles. The Morgan fingerprint density at radius 2 is 2.12 bits per heavy atom. The Morgan fingerprint density at radius 3 is 2.76 bits per heavy atom. The van der Waals surface area contributed by atoms with Crippen LogP contribution in [0.25, 0.3) is 0 Å². The lowest BCUT2D eigenvalue weighted by Gasteiger charge is -2.04. The molecule has 0 amide bonds. The molecule has 2 aromatic rings. The highest BCUT2D eigenvalue weighted by Crippen LogP contribution is 2.04. The van der Waals surface area contributed by atoms with Gasteiger partial charge in [-0.15, -0.1) is 5.10 Å². The van der Waals surface area contributed by atoms with Crippen molar-refractivity contribution in [3.05, 3.63) is 29.6 Å². The Balaban J connectivity index is 1.95. The van der Waals surface area contributed by atoms with Crippen molar-refractivity contribution in [3.8, 4) is 0 Å². The van der Waals surface area contributed by atoms with E-state index < -0.39 is 0 Å². The minimum atomic E-state index is 0.753. The maximum atomic E-state index is 4.27. The fourth-order valence-electron chi connectivity index (χ4n) is 1.69. The van der Waals surface area contributed by atoms with Crippen molar-refractivity contribution in [2.24, 2.45) is 0 Å². The standard InChI is InChI=1S/C11H18N6/c1-9-10(2)16(8-13-9)4-5-17-7-11(6-12-3)14-15-17/h7-8,12H,4-6H2,1-3H3. The number of aromatic nitrogens is 5. The molecule has 0 bridgehead atoms. The number of aryl methyl sites for hydroxylation is 3. The Labute approximate surface area is 101 Å². The van der Waals surface area contributed by atoms with Gasteiger partial charge in [-0.25, -0.2) is 4.98 Å². The van der Waals surface area contributed by atoms with Crippen LogP contribution in [0, 0.1) is 13.8 Å². The molecular weight excluding hydrogens is 216 g/mol. The molecule has 0 aliphatic carbocycles. The third-order valence-electron chi connectivity index (χ3n) is 2.86. The van der Waals surface area contributed by atoms with Crippen molar-refractivity contribution >= 4 is 0 Å². The van der Waals surface area contributed by atoms with Gasteiger partial charge in [-0.1, -0.05) is 5.21 Å². The van der Waals surface area contributed by atoms with Gasteiger partial charge in [0.1, 0.15) is 0 Å². The van der Waals surface area contributed by atoms with Gasteiger partial charge in [0.15, 0.2) is 0 Å². The Hall–Kier alpha value is -1.69. The van der Waals surface area contributed by atoms with Crippen molar-refractivity contribution in [3.63, 3.8) is 0 Å². The van der Waals surface area contributed by atoms with E-state index >= 15 is 0 Å². The number of rotatable bonds is 5. The molecule has 2 rings (SSSR count). The van der Waals surface area contributed by atoms with Crippen LogP contribution in [0.2, 0.25) is 0 Å². The van der Waals surface area contributed by atoms with E-state index in [2.05, 4.69) is 32.1 Å². The molecule has 0 fully saturated rings. The summed E-state index contributed by atoms with van der Waals surface area (Å²) in [5, 5.41) is 11.2. The predicted molar refractivity (Wildman–Crippen MR) is 64.5 cm³/mol. The lowest BCUT2D eigenvalue weighted by molar-refractivity contribution is 0.513. The van der Waals surface area contributed by atoms with Crippen molar-refractivity contribution in [2.45, 2.75) is 33.5 Å². The molecule has 0 spiro atoms. The van der Waals surface area contributed by atoms with E-state index in [0.29, 0.717) is 0 Å². The highest BCUT2D eigenvalue weighted by Gasteiger charge is 2.03. The molecule has 2 heterocycles. The summed E-state index contributed by atoms with van der Waals surface area (Å²) in [6, 6.07) is 0. The summed E-state index contributed by atoms with van der Waals surface area (Å²) < 4.78 is 4.00. The van der Waals surface area contributed by atoms with Crippen LogP contribution in [0.15, 0.2) is 12.5 Å². The van der Waals surface area contributed by atoms with Gasteiger partial charge in [0, 0.05) is 25.0 Å². The van der Waals surface area contributed by atoms with Gasteiger partial charge >= 0.3 is 0 Å². The second kappa shape index (κ2) is 5.09. The van der Waals surface area contributed by atoms with Gasteiger partial charge < -0.3 is 9.88 Å². The van der Waals surface area contributed by atoms with Crippen LogP contribution >= 0.6 is 0 Å². The van der Waals surface area contributed by atoms with Gasteiger partial charge in [0.25, 0.3) is 0 Å². The van der Waals surface area contributed by atoms with E-state index in [1.165, 1.54) is 5.69 Å². The zero-order valence-electron chi connectivity index (χ0n) is 10.5. The molecule has 0 radical (unpaired) electrons.